The number of carbonyl (C=O) groups excluding carboxylic acids is 2. The Kier molecular flexibility index (Phi) is 6.39. The lowest BCUT2D eigenvalue weighted by atomic mass is 10.0. The molecule has 0 bridgehead atoms. The standard InChI is InChI=1S/C22H19Cl2NO5/c1-4-30-19-10-13(5-8-18(19)26)9-15-20(22(28)29-3)12(2)25(21(15)27)14-6-7-16(23)17(24)11-14/h5-11,26H,4H2,1-3H3/b15-9-. The van der Waals surface area contributed by atoms with E-state index in [4.69, 9.17) is 32.7 Å². The molecule has 1 aliphatic heterocycles. The highest BCUT2D eigenvalue weighted by Gasteiger charge is 2.38. The van der Waals surface area contributed by atoms with Gasteiger partial charge < -0.3 is 14.6 Å². The van der Waals surface area contributed by atoms with Gasteiger partial charge in [-0.05, 0) is 55.8 Å². The number of allylic oxidation sites excluding steroid dienone is 1. The fraction of sp³-hybridized carbons (Fsp3) is 0.182. The topological polar surface area (TPSA) is 76.1 Å². The SMILES string of the molecule is CCOc1cc(/C=C2\C(=O)N(c3ccc(Cl)c(Cl)c3)C(C)=C2C(=O)OC)ccc1O. The Morgan fingerprint density at radius 3 is 2.53 bits per heavy atom. The van der Waals surface area contributed by atoms with Gasteiger partial charge in [-0.3, -0.25) is 9.69 Å². The summed E-state index contributed by atoms with van der Waals surface area (Å²) >= 11 is 12.1. The van der Waals surface area contributed by atoms with Crippen molar-refractivity contribution >= 4 is 46.8 Å². The third kappa shape index (κ3) is 4.01. The van der Waals surface area contributed by atoms with E-state index in [0.29, 0.717) is 28.6 Å². The first-order valence-electron chi connectivity index (χ1n) is 9.05. The van der Waals surface area contributed by atoms with Gasteiger partial charge in [0.1, 0.15) is 0 Å². The summed E-state index contributed by atoms with van der Waals surface area (Å²) in [5, 5.41) is 10.5. The average molecular weight is 448 g/mol. The second-order valence-corrected chi connectivity index (χ2v) is 7.22. The van der Waals surface area contributed by atoms with E-state index in [1.54, 1.807) is 50.3 Å². The van der Waals surface area contributed by atoms with Crippen LogP contribution in [0.5, 0.6) is 11.5 Å². The summed E-state index contributed by atoms with van der Waals surface area (Å²) in [6.45, 7) is 3.81. The molecule has 1 amide bonds. The Bertz CT molecular complexity index is 1090. The van der Waals surface area contributed by atoms with Crippen molar-refractivity contribution in [2.75, 3.05) is 18.6 Å². The number of anilines is 1. The quantitative estimate of drug-likeness (QED) is 0.516. The molecular weight excluding hydrogens is 429 g/mol. The van der Waals surface area contributed by atoms with Crippen molar-refractivity contribution < 1.29 is 24.2 Å². The molecule has 0 spiro atoms. The molecule has 0 saturated heterocycles. The van der Waals surface area contributed by atoms with Crippen LogP contribution in [0, 0.1) is 0 Å². The van der Waals surface area contributed by atoms with E-state index in [1.165, 1.54) is 18.1 Å². The van der Waals surface area contributed by atoms with Crippen molar-refractivity contribution in [1.82, 2.24) is 0 Å². The first-order valence-corrected chi connectivity index (χ1v) is 9.80. The Hall–Kier alpha value is -2.96. The van der Waals surface area contributed by atoms with Crippen LogP contribution >= 0.6 is 23.2 Å². The molecule has 0 aliphatic carbocycles. The minimum atomic E-state index is -0.640. The molecule has 0 unspecified atom stereocenters. The van der Waals surface area contributed by atoms with Crippen molar-refractivity contribution in [2.24, 2.45) is 0 Å². The summed E-state index contributed by atoms with van der Waals surface area (Å²) in [5.41, 5.74) is 1.74. The first-order chi connectivity index (χ1) is 14.3. The molecule has 2 aromatic rings. The molecule has 1 N–H and O–H groups in total. The van der Waals surface area contributed by atoms with Crippen LogP contribution in [-0.4, -0.2) is 30.7 Å². The maximum absolute atomic E-state index is 13.3. The van der Waals surface area contributed by atoms with Crippen molar-refractivity contribution in [3.8, 4) is 11.5 Å². The number of carbonyl (C=O) groups is 2. The lowest BCUT2D eigenvalue weighted by Crippen LogP contribution is -2.24. The predicted molar refractivity (Wildman–Crippen MR) is 116 cm³/mol. The van der Waals surface area contributed by atoms with Crippen molar-refractivity contribution in [3.05, 3.63) is 68.9 Å². The highest BCUT2D eigenvalue weighted by atomic mass is 35.5. The lowest BCUT2D eigenvalue weighted by molar-refractivity contribution is -0.136. The third-order valence-corrected chi connectivity index (χ3v) is 5.28. The van der Waals surface area contributed by atoms with E-state index in [9.17, 15) is 14.7 Å². The Balaban J connectivity index is 2.13. The van der Waals surface area contributed by atoms with Crippen LogP contribution in [0.25, 0.3) is 6.08 Å². The van der Waals surface area contributed by atoms with Crippen LogP contribution in [-0.2, 0) is 14.3 Å². The molecule has 6 nitrogen and oxygen atoms in total. The van der Waals surface area contributed by atoms with Crippen molar-refractivity contribution in [3.63, 3.8) is 0 Å². The zero-order chi connectivity index (χ0) is 22.0. The number of phenols is 1. The van der Waals surface area contributed by atoms with Crippen LogP contribution in [0.2, 0.25) is 10.0 Å². The maximum Gasteiger partial charge on any atom is 0.340 e. The van der Waals surface area contributed by atoms with Crippen molar-refractivity contribution in [1.29, 1.82) is 0 Å². The largest absolute Gasteiger partial charge is 0.504 e. The predicted octanol–water partition coefficient (Wildman–Crippen LogP) is 4.97. The molecule has 0 atom stereocenters. The fourth-order valence-corrected chi connectivity index (χ4v) is 3.47. The summed E-state index contributed by atoms with van der Waals surface area (Å²) in [6.07, 6.45) is 1.55. The Morgan fingerprint density at radius 1 is 1.17 bits per heavy atom. The zero-order valence-electron chi connectivity index (χ0n) is 16.5. The number of ether oxygens (including phenoxy) is 2. The zero-order valence-corrected chi connectivity index (χ0v) is 18.0. The summed E-state index contributed by atoms with van der Waals surface area (Å²) in [7, 11) is 1.25. The number of aromatic hydroxyl groups is 1. The van der Waals surface area contributed by atoms with Gasteiger partial charge in [-0.15, -0.1) is 0 Å². The van der Waals surface area contributed by atoms with Crippen LogP contribution in [0.3, 0.4) is 0 Å². The lowest BCUT2D eigenvalue weighted by Gasteiger charge is -2.18. The minimum Gasteiger partial charge on any atom is -0.504 e. The normalized spacial score (nSPS) is 15.2. The second-order valence-electron chi connectivity index (χ2n) is 6.41. The number of halogens is 2. The molecule has 2 aromatic carbocycles. The van der Waals surface area contributed by atoms with Gasteiger partial charge in [0.15, 0.2) is 11.5 Å². The number of benzene rings is 2. The molecule has 0 radical (unpaired) electrons. The number of methoxy groups -OCH3 is 1. The van der Waals surface area contributed by atoms with Crippen molar-refractivity contribution in [2.45, 2.75) is 13.8 Å². The summed E-state index contributed by atoms with van der Waals surface area (Å²) < 4.78 is 10.3. The van der Waals surface area contributed by atoms with Gasteiger partial charge >= 0.3 is 5.97 Å². The minimum absolute atomic E-state index is 0.0194. The van der Waals surface area contributed by atoms with Gasteiger partial charge in [0.25, 0.3) is 5.91 Å². The third-order valence-electron chi connectivity index (χ3n) is 4.55. The maximum atomic E-state index is 13.3. The molecule has 8 heteroatoms. The van der Waals surface area contributed by atoms with Gasteiger partial charge in [-0.1, -0.05) is 29.3 Å². The monoisotopic (exact) mass is 447 g/mol. The Labute approximate surface area is 183 Å². The molecule has 1 heterocycles. The molecule has 0 aromatic heterocycles. The summed E-state index contributed by atoms with van der Waals surface area (Å²) in [6, 6.07) is 9.43. The molecule has 0 fully saturated rings. The van der Waals surface area contributed by atoms with E-state index < -0.39 is 11.9 Å². The number of phenolic OH excluding ortho intramolecular Hbond substituents is 1. The fourth-order valence-electron chi connectivity index (χ4n) is 3.17. The van der Waals surface area contributed by atoms with E-state index in [-0.39, 0.29) is 27.7 Å². The number of rotatable bonds is 5. The number of nitrogens with zero attached hydrogens (tertiary/aromatic N) is 1. The smallest absolute Gasteiger partial charge is 0.340 e. The highest BCUT2D eigenvalue weighted by Crippen LogP contribution is 2.38. The van der Waals surface area contributed by atoms with E-state index >= 15 is 0 Å². The average Bonchev–Trinajstić information content (AvgIpc) is 2.96. The number of amides is 1. The van der Waals surface area contributed by atoms with Crippen LogP contribution in [0.1, 0.15) is 19.4 Å². The highest BCUT2D eigenvalue weighted by molar-refractivity contribution is 6.42. The van der Waals surface area contributed by atoms with E-state index in [0.717, 1.165) is 0 Å². The van der Waals surface area contributed by atoms with Crippen LogP contribution in [0.15, 0.2) is 53.2 Å². The summed E-state index contributed by atoms with van der Waals surface area (Å²) in [4.78, 5) is 27.1. The van der Waals surface area contributed by atoms with E-state index in [1.807, 2.05) is 0 Å². The number of esters is 1. The van der Waals surface area contributed by atoms with Gasteiger partial charge in [-0.25, -0.2) is 4.79 Å². The van der Waals surface area contributed by atoms with Crippen LogP contribution < -0.4 is 9.64 Å². The molecule has 3 rings (SSSR count). The second kappa shape index (κ2) is 8.81. The number of hydrogen-bond acceptors (Lipinski definition) is 5. The number of hydrogen-bond donors (Lipinski definition) is 1. The molecule has 0 saturated carbocycles. The molecule has 1 aliphatic rings. The van der Waals surface area contributed by atoms with Gasteiger partial charge in [0.2, 0.25) is 0 Å². The molecule has 30 heavy (non-hydrogen) atoms. The van der Waals surface area contributed by atoms with Crippen LogP contribution in [0.4, 0.5) is 5.69 Å². The summed E-state index contributed by atoms with van der Waals surface area (Å²) in [5.74, 6) is -0.802. The first kappa shape index (κ1) is 21.7. The van der Waals surface area contributed by atoms with Gasteiger partial charge in [-0.2, -0.15) is 0 Å². The Morgan fingerprint density at radius 2 is 1.90 bits per heavy atom. The van der Waals surface area contributed by atoms with E-state index in [2.05, 4.69) is 0 Å². The van der Waals surface area contributed by atoms with Gasteiger partial charge in [0.05, 0.1) is 40.6 Å². The molecular formula is C22H19Cl2NO5. The van der Waals surface area contributed by atoms with Gasteiger partial charge in [0, 0.05) is 5.70 Å². The molecule has 156 valence electrons.